The van der Waals surface area contributed by atoms with Crippen LogP contribution in [0.1, 0.15) is 0 Å². The van der Waals surface area contributed by atoms with Gasteiger partial charge < -0.3 is 5.73 Å². The highest BCUT2D eigenvalue weighted by atomic mass is 32.1. The summed E-state index contributed by atoms with van der Waals surface area (Å²) >= 11 is 1.36. The van der Waals surface area contributed by atoms with Gasteiger partial charge in [0.25, 0.3) is 0 Å². The molecule has 78 valence electrons. The normalized spacial score (nSPS) is 10.8. The maximum absolute atomic E-state index is 5.58. The Morgan fingerprint density at radius 3 is 2.75 bits per heavy atom. The minimum atomic E-state index is 0.467. The lowest BCUT2D eigenvalue weighted by Crippen LogP contribution is -1.84. The average Bonchev–Trinajstić information content (AvgIpc) is 2.75. The summed E-state index contributed by atoms with van der Waals surface area (Å²) in [5.41, 5.74) is 6.56. The van der Waals surface area contributed by atoms with E-state index < -0.39 is 0 Å². The van der Waals surface area contributed by atoms with Crippen molar-refractivity contribution in [1.82, 2.24) is 20.4 Å². The van der Waals surface area contributed by atoms with E-state index in [4.69, 9.17) is 5.73 Å². The Balaban J connectivity index is 2.31. The zero-order valence-electron chi connectivity index (χ0n) is 8.16. The van der Waals surface area contributed by atoms with E-state index in [0.717, 1.165) is 21.3 Å². The molecule has 2 N–H and O–H groups in total. The van der Waals surface area contributed by atoms with Gasteiger partial charge in [0, 0.05) is 16.3 Å². The smallest absolute Gasteiger partial charge is 0.203 e. The average molecular weight is 229 g/mol. The van der Waals surface area contributed by atoms with Gasteiger partial charge in [0.2, 0.25) is 5.13 Å². The Hall–Kier alpha value is -2.08. The van der Waals surface area contributed by atoms with E-state index in [1.54, 1.807) is 12.4 Å². The van der Waals surface area contributed by atoms with Crippen LogP contribution in [-0.2, 0) is 0 Å². The summed E-state index contributed by atoms with van der Waals surface area (Å²) in [6.45, 7) is 0. The molecule has 0 aliphatic heterocycles. The molecule has 2 heterocycles. The van der Waals surface area contributed by atoms with Crippen molar-refractivity contribution in [3.8, 4) is 10.6 Å². The van der Waals surface area contributed by atoms with Crippen LogP contribution in [0.3, 0.4) is 0 Å². The standard InChI is InChI=1S/C10H7N5S/c11-10-15-14-9(16-10)7-3-1-2-6-4-12-13-5-8(6)7/h1-5H,(H2,11,15). The third kappa shape index (κ3) is 1.40. The molecule has 0 aliphatic rings. The quantitative estimate of drug-likeness (QED) is 0.687. The molecule has 1 aromatic carbocycles. The fourth-order valence-electron chi connectivity index (χ4n) is 1.56. The third-order valence-electron chi connectivity index (χ3n) is 2.26. The summed E-state index contributed by atoms with van der Waals surface area (Å²) in [4.78, 5) is 0. The number of nitrogens with two attached hydrogens (primary N) is 1. The van der Waals surface area contributed by atoms with Gasteiger partial charge in [-0.3, -0.25) is 0 Å². The second-order valence-electron chi connectivity index (χ2n) is 3.24. The highest BCUT2D eigenvalue weighted by molar-refractivity contribution is 7.18. The molecule has 3 aromatic rings. The van der Waals surface area contributed by atoms with Gasteiger partial charge in [-0.2, -0.15) is 10.2 Å². The first-order valence-corrected chi connectivity index (χ1v) is 5.45. The van der Waals surface area contributed by atoms with Gasteiger partial charge in [-0.25, -0.2) is 0 Å². The van der Waals surface area contributed by atoms with E-state index in [2.05, 4.69) is 20.4 Å². The van der Waals surface area contributed by atoms with Crippen molar-refractivity contribution < 1.29 is 0 Å². The van der Waals surface area contributed by atoms with Crippen molar-refractivity contribution in [3.05, 3.63) is 30.6 Å². The molecule has 0 radical (unpaired) electrons. The number of hydrogen-bond acceptors (Lipinski definition) is 6. The molecule has 0 unspecified atom stereocenters. The number of nitrogens with zero attached hydrogens (tertiary/aromatic N) is 4. The number of rotatable bonds is 1. The molecule has 0 atom stereocenters. The predicted molar refractivity (Wildman–Crippen MR) is 62.9 cm³/mol. The van der Waals surface area contributed by atoms with Crippen LogP contribution in [0.2, 0.25) is 0 Å². The van der Waals surface area contributed by atoms with Crippen LogP contribution < -0.4 is 5.73 Å². The predicted octanol–water partition coefficient (Wildman–Crippen LogP) is 1.73. The van der Waals surface area contributed by atoms with Crippen molar-refractivity contribution in [3.63, 3.8) is 0 Å². The number of benzene rings is 1. The molecule has 0 bridgehead atoms. The first-order valence-electron chi connectivity index (χ1n) is 4.63. The van der Waals surface area contributed by atoms with Crippen LogP contribution in [0, 0.1) is 0 Å². The molecular formula is C10H7N5S. The largest absolute Gasteiger partial charge is 0.374 e. The van der Waals surface area contributed by atoms with E-state index in [1.807, 2.05) is 18.2 Å². The van der Waals surface area contributed by atoms with Crippen molar-refractivity contribution in [2.24, 2.45) is 0 Å². The van der Waals surface area contributed by atoms with Crippen molar-refractivity contribution in [2.45, 2.75) is 0 Å². The molecule has 0 saturated carbocycles. The van der Waals surface area contributed by atoms with Crippen molar-refractivity contribution >= 4 is 27.2 Å². The molecule has 2 aromatic heterocycles. The van der Waals surface area contributed by atoms with E-state index in [9.17, 15) is 0 Å². The lowest BCUT2D eigenvalue weighted by molar-refractivity contribution is 1.05. The highest BCUT2D eigenvalue weighted by Crippen LogP contribution is 2.30. The monoisotopic (exact) mass is 229 g/mol. The molecule has 3 rings (SSSR count). The molecule has 0 saturated heterocycles. The van der Waals surface area contributed by atoms with Gasteiger partial charge in [0.05, 0.1) is 12.4 Å². The first kappa shape index (κ1) is 9.17. The van der Waals surface area contributed by atoms with Crippen LogP contribution >= 0.6 is 11.3 Å². The fraction of sp³-hybridized carbons (Fsp3) is 0. The molecule has 5 nitrogen and oxygen atoms in total. The van der Waals surface area contributed by atoms with Crippen LogP contribution in [0.15, 0.2) is 30.6 Å². The van der Waals surface area contributed by atoms with Crippen molar-refractivity contribution in [1.29, 1.82) is 0 Å². The van der Waals surface area contributed by atoms with Crippen molar-refractivity contribution in [2.75, 3.05) is 5.73 Å². The minimum Gasteiger partial charge on any atom is -0.374 e. The molecule has 0 fully saturated rings. The van der Waals surface area contributed by atoms with Crippen LogP contribution in [0.25, 0.3) is 21.3 Å². The lowest BCUT2D eigenvalue weighted by atomic mass is 10.1. The maximum Gasteiger partial charge on any atom is 0.203 e. The van der Waals surface area contributed by atoms with Crippen LogP contribution in [-0.4, -0.2) is 20.4 Å². The van der Waals surface area contributed by atoms with Crippen LogP contribution in [0.4, 0.5) is 5.13 Å². The summed E-state index contributed by atoms with van der Waals surface area (Å²) in [6, 6.07) is 5.92. The summed E-state index contributed by atoms with van der Waals surface area (Å²) in [5.74, 6) is 0. The van der Waals surface area contributed by atoms with E-state index in [1.165, 1.54) is 11.3 Å². The van der Waals surface area contributed by atoms with Gasteiger partial charge in [-0.05, 0) is 0 Å². The molecule has 6 heteroatoms. The lowest BCUT2D eigenvalue weighted by Gasteiger charge is -2.00. The molecule has 0 spiro atoms. The Labute approximate surface area is 95.0 Å². The third-order valence-corrected chi connectivity index (χ3v) is 3.05. The number of anilines is 1. The second kappa shape index (κ2) is 3.49. The summed E-state index contributed by atoms with van der Waals surface area (Å²) in [5, 5.41) is 18.9. The molecular weight excluding hydrogens is 222 g/mol. The van der Waals surface area contributed by atoms with Gasteiger partial charge in [0.15, 0.2) is 0 Å². The number of hydrogen-bond donors (Lipinski definition) is 1. The molecule has 0 aliphatic carbocycles. The van der Waals surface area contributed by atoms with E-state index in [-0.39, 0.29) is 0 Å². The van der Waals surface area contributed by atoms with E-state index >= 15 is 0 Å². The zero-order chi connectivity index (χ0) is 11.0. The number of fused-ring (bicyclic) bond motifs is 1. The summed E-state index contributed by atoms with van der Waals surface area (Å²) < 4.78 is 0. The van der Waals surface area contributed by atoms with Gasteiger partial charge in [0.1, 0.15) is 5.01 Å². The Morgan fingerprint density at radius 1 is 1.06 bits per heavy atom. The van der Waals surface area contributed by atoms with E-state index in [0.29, 0.717) is 5.13 Å². The summed E-state index contributed by atoms with van der Waals surface area (Å²) in [6.07, 6.45) is 3.45. The number of nitrogen functional groups attached to an aromatic ring is 1. The fourth-order valence-corrected chi connectivity index (χ4v) is 2.21. The first-order chi connectivity index (χ1) is 7.84. The maximum atomic E-state index is 5.58. The molecule has 16 heavy (non-hydrogen) atoms. The van der Waals surface area contributed by atoms with Crippen LogP contribution in [0.5, 0.6) is 0 Å². The SMILES string of the molecule is Nc1nnc(-c2cccc3cnncc23)s1. The Morgan fingerprint density at radius 2 is 1.94 bits per heavy atom. The summed E-state index contributed by atoms with van der Waals surface area (Å²) in [7, 11) is 0. The second-order valence-corrected chi connectivity index (χ2v) is 4.25. The Bertz CT molecular complexity index is 643. The number of aromatic nitrogens is 4. The molecule has 0 amide bonds. The van der Waals surface area contributed by atoms with Gasteiger partial charge in [-0.15, -0.1) is 10.2 Å². The zero-order valence-corrected chi connectivity index (χ0v) is 8.98. The van der Waals surface area contributed by atoms with Gasteiger partial charge in [-0.1, -0.05) is 29.5 Å². The van der Waals surface area contributed by atoms with Gasteiger partial charge >= 0.3 is 0 Å². The Kier molecular flexibility index (Phi) is 2.00. The minimum absolute atomic E-state index is 0.467. The topological polar surface area (TPSA) is 77.6 Å². The highest BCUT2D eigenvalue weighted by Gasteiger charge is 2.08.